The SMILES string of the molecule is CN1CCC[C@@H]1CCCN. The molecule has 0 radical (unpaired) electrons. The van der Waals surface area contributed by atoms with Gasteiger partial charge in [0.25, 0.3) is 0 Å². The molecular formula is C8H18N2. The molecule has 0 amide bonds. The first-order valence-corrected chi connectivity index (χ1v) is 4.25. The molecule has 1 aliphatic rings. The van der Waals surface area contributed by atoms with Crippen molar-refractivity contribution >= 4 is 0 Å². The van der Waals surface area contributed by atoms with Crippen LogP contribution in [-0.2, 0) is 0 Å². The molecule has 1 rings (SSSR count). The van der Waals surface area contributed by atoms with Crippen molar-refractivity contribution in [1.29, 1.82) is 0 Å². The molecule has 0 spiro atoms. The maximum atomic E-state index is 5.43. The molecule has 1 atom stereocenters. The summed E-state index contributed by atoms with van der Waals surface area (Å²) in [5.74, 6) is 0. The first kappa shape index (κ1) is 8.02. The zero-order chi connectivity index (χ0) is 7.40. The maximum absolute atomic E-state index is 5.43. The van der Waals surface area contributed by atoms with Crippen LogP contribution in [0.15, 0.2) is 0 Å². The molecule has 1 aliphatic heterocycles. The summed E-state index contributed by atoms with van der Waals surface area (Å²) in [7, 11) is 2.22. The van der Waals surface area contributed by atoms with E-state index < -0.39 is 0 Å². The Morgan fingerprint density at radius 3 is 2.90 bits per heavy atom. The lowest BCUT2D eigenvalue weighted by atomic mass is 10.1. The summed E-state index contributed by atoms with van der Waals surface area (Å²) in [5.41, 5.74) is 5.43. The van der Waals surface area contributed by atoms with Crippen LogP contribution in [0, 0.1) is 0 Å². The Hall–Kier alpha value is -0.0800. The number of nitrogens with zero attached hydrogens (tertiary/aromatic N) is 1. The predicted molar refractivity (Wildman–Crippen MR) is 43.9 cm³/mol. The van der Waals surface area contributed by atoms with Gasteiger partial charge in [0, 0.05) is 6.04 Å². The largest absolute Gasteiger partial charge is 0.330 e. The minimum atomic E-state index is 0.837. The summed E-state index contributed by atoms with van der Waals surface area (Å²) >= 11 is 0. The second kappa shape index (κ2) is 3.94. The van der Waals surface area contributed by atoms with Crippen LogP contribution in [0.3, 0.4) is 0 Å². The molecule has 2 nitrogen and oxygen atoms in total. The molecule has 1 fully saturated rings. The third kappa shape index (κ3) is 1.96. The van der Waals surface area contributed by atoms with Crippen LogP contribution in [-0.4, -0.2) is 31.1 Å². The summed E-state index contributed by atoms with van der Waals surface area (Å²) in [6.45, 7) is 2.14. The quantitative estimate of drug-likeness (QED) is 0.632. The van der Waals surface area contributed by atoms with E-state index in [1.807, 2.05) is 0 Å². The highest BCUT2D eigenvalue weighted by atomic mass is 15.1. The molecule has 10 heavy (non-hydrogen) atoms. The van der Waals surface area contributed by atoms with E-state index >= 15 is 0 Å². The molecule has 2 heteroatoms. The van der Waals surface area contributed by atoms with Crippen LogP contribution in [0.5, 0.6) is 0 Å². The van der Waals surface area contributed by atoms with Gasteiger partial charge in [-0.1, -0.05) is 0 Å². The van der Waals surface area contributed by atoms with E-state index in [4.69, 9.17) is 5.73 Å². The summed E-state index contributed by atoms with van der Waals surface area (Å²) < 4.78 is 0. The lowest BCUT2D eigenvalue weighted by molar-refractivity contribution is 0.293. The van der Waals surface area contributed by atoms with Gasteiger partial charge in [-0.05, 0) is 45.8 Å². The molecular weight excluding hydrogens is 124 g/mol. The highest BCUT2D eigenvalue weighted by Crippen LogP contribution is 2.18. The van der Waals surface area contributed by atoms with Crippen LogP contribution in [0.1, 0.15) is 25.7 Å². The van der Waals surface area contributed by atoms with Gasteiger partial charge in [-0.15, -0.1) is 0 Å². The van der Waals surface area contributed by atoms with Crippen LogP contribution < -0.4 is 5.73 Å². The summed E-state index contributed by atoms with van der Waals surface area (Å²) in [6, 6.07) is 0.837. The van der Waals surface area contributed by atoms with Crippen LogP contribution in [0.4, 0.5) is 0 Å². The summed E-state index contributed by atoms with van der Waals surface area (Å²) in [6.07, 6.45) is 5.25. The van der Waals surface area contributed by atoms with Gasteiger partial charge in [-0.3, -0.25) is 0 Å². The fraction of sp³-hybridized carbons (Fsp3) is 1.00. The van der Waals surface area contributed by atoms with Crippen LogP contribution in [0.2, 0.25) is 0 Å². The molecule has 0 aromatic carbocycles. The number of hydrogen-bond acceptors (Lipinski definition) is 2. The monoisotopic (exact) mass is 142 g/mol. The van der Waals surface area contributed by atoms with E-state index in [0.29, 0.717) is 0 Å². The smallest absolute Gasteiger partial charge is 0.00931 e. The van der Waals surface area contributed by atoms with Crippen molar-refractivity contribution in [3.05, 3.63) is 0 Å². The van der Waals surface area contributed by atoms with Crippen molar-refractivity contribution in [3.63, 3.8) is 0 Å². The van der Waals surface area contributed by atoms with Crippen molar-refractivity contribution in [3.8, 4) is 0 Å². The zero-order valence-electron chi connectivity index (χ0n) is 6.84. The molecule has 0 unspecified atom stereocenters. The highest BCUT2D eigenvalue weighted by molar-refractivity contribution is 4.75. The average Bonchev–Trinajstić information content (AvgIpc) is 2.31. The Morgan fingerprint density at radius 2 is 2.40 bits per heavy atom. The Morgan fingerprint density at radius 1 is 1.60 bits per heavy atom. The fourth-order valence-electron chi connectivity index (χ4n) is 1.70. The molecule has 2 N–H and O–H groups in total. The molecule has 60 valence electrons. The third-order valence-corrected chi connectivity index (χ3v) is 2.41. The first-order chi connectivity index (χ1) is 4.84. The molecule has 0 aromatic rings. The van der Waals surface area contributed by atoms with Gasteiger partial charge in [0.05, 0.1) is 0 Å². The molecule has 0 bridgehead atoms. The number of nitrogens with two attached hydrogens (primary N) is 1. The Balaban J connectivity index is 2.14. The number of likely N-dealkylation sites (tertiary alicyclic amines) is 1. The van der Waals surface area contributed by atoms with Gasteiger partial charge in [0.2, 0.25) is 0 Å². The summed E-state index contributed by atoms with van der Waals surface area (Å²) in [4.78, 5) is 2.45. The van der Waals surface area contributed by atoms with Crippen molar-refractivity contribution in [2.75, 3.05) is 20.1 Å². The molecule has 0 saturated carbocycles. The van der Waals surface area contributed by atoms with E-state index in [1.54, 1.807) is 0 Å². The second-order valence-corrected chi connectivity index (χ2v) is 3.21. The zero-order valence-corrected chi connectivity index (χ0v) is 6.84. The normalized spacial score (nSPS) is 27.6. The van der Waals surface area contributed by atoms with E-state index in [9.17, 15) is 0 Å². The van der Waals surface area contributed by atoms with Gasteiger partial charge >= 0.3 is 0 Å². The third-order valence-electron chi connectivity index (χ3n) is 2.41. The second-order valence-electron chi connectivity index (χ2n) is 3.21. The minimum absolute atomic E-state index is 0.837. The maximum Gasteiger partial charge on any atom is 0.00931 e. The fourth-order valence-corrected chi connectivity index (χ4v) is 1.70. The van der Waals surface area contributed by atoms with Gasteiger partial charge in [0.1, 0.15) is 0 Å². The van der Waals surface area contributed by atoms with Crippen molar-refractivity contribution in [1.82, 2.24) is 4.90 Å². The number of rotatable bonds is 3. The molecule has 0 aliphatic carbocycles. The Bertz CT molecular complexity index is 93.3. The molecule has 1 heterocycles. The van der Waals surface area contributed by atoms with Crippen molar-refractivity contribution in [2.45, 2.75) is 31.7 Å². The van der Waals surface area contributed by atoms with Gasteiger partial charge in [-0.25, -0.2) is 0 Å². The highest BCUT2D eigenvalue weighted by Gasteiger charge is 2.19. The topological polar surface area (TPSA) is 29.3 Å². The van der Waals surface area contributed by atoms with Crippen molar-refractivity contribution in [2.24, 2.45) is 5.73 Å². The van der Waals surface area contributed by atoms with Gasteiger partial charge < -0.3 is 10.6 Å². The van der Waals surface area contributed by atoms with Crippen LogP contribution in [0.25, 0.3) is 0 Å². The minimum Gasteiger partial charge on any atom is -0.330 e. The molecule has 0 aromatic heterocycles. The number of hydrogen-bond donors (Lipinski definition) is 1. The van der Waals surface area contributed by atoms with E-state index in [2.05, 4.69) is 11.9 Å². The van der Waals surface area contributed by atoms with Crippen LogP contribution >= 0.6 is 0 Å². The Kier molecular flexibility index (Phi) is 3.16. The van der Waals surface area contributed by atoms with E-state index in [0.717, 1.165) is 12.6 Å². The Labute approximate surface area is 63.4 Å². The first-order valence-electron chi connectivity index (χ1n) is 4.25. The van der Waals surface area contributed by atoms with Crippen molar-refractivity contribution < 1.29 is 0 Å². The van der Waals surface area contributed by atoms with Gasteiger partial charge in [0.15, 0.2) is 0 Å². The van der Waals surface area contributed by atoms with Gasteiger partial charge in [-0.2, -0.15) is 0 Å². The average molecular weight is 142 g/mol. The molecule has 1 saturated heterocycles. The lowest BCUT2D eigenvalue weighted by Gasteiger charge is -2.18. The lowest BCUT2D eigenvalue weighted by Crippen LogP contribution is -2.25. The predicted octanol–water partition coefficient (Wildman–Crippen LogP) is 0.819. The summed E-state index contributed by atoms with van der Waals surface area (Å²) in [5, 5.41) is 0. The van der Waals surface area contributed by atoms with E-state index in [-0.39, 0.29) is 0 Å². The van der Waals surface area contributed by atoms with E-state index in [1.165, 1.54) is 32.2 Å². The standard InChI is InChI=1S/C8H18N2/c1-10-7-3-5-8(10)4-2-6-9/h8H,2-7,9H2,1H3/t8-/m0/s1.